The lowest BCUT2D eigenvalue weighted by atomic mass is 10.2. The molecule has 0 heterocycles. The maximum Gasteiger partial charge on any atom is 0.275 e. The highest BCUT2D eigenvalue weighted by Crippen LogP contribution is 2.38. The maximum absolute atomic E-state index is 12.0. The Morgan fingerprint density at radius 1 is 1.04 bits per heavy atom. The lowest BCUT2D eigenvalue weighted by Gasteiger charge is -2.13. The number of hydrogen-bond donors (Lipinski definition) is 2. The van der Waals surface area contributed by atoms with Crippen molar-refractivity contribution in [1.29, 1.82) is 0 Å². The zero-order chi connectivity index (χ0) is 17.5. The van der Waals surface area contributed by atoms with Gasteiger partial charge in [-0.05, 0) is 24.3 Å². The van der Waals surface area contributed by atoms with Crippen LogP contribution in [0, 0.1) is 0 Å². The molecule has 7 nitrogen and oxygen atoms in total. The van der Waals surface area contributed by atoms with Crippen molar-refractivity contribution >= 4 is 12.1 Å². The zero-order valence-electron chi connectivity index (χ0n) is 13.6. The van der Waals surface area contributed by atoms with Gasteiger partial charge >= 0.3 is 0 Å². The summed E-state index contributed by atoms with van der Waals surface area (Å²) in [6, 6.07) is 9.62. The number of hydrazone groups is 1. The third-order valence-electron chi connectivity index (χ3n) is 3.25. The molecule has 0 unspecified atom stereocenters. The molecule has 0 fully saturated rings. The standard InChI is InChI=1S/C17H18N2O5/c1-22-14-9-8-11(15(23-2)16(14)24-3)10-18-19-17(21)12-6-4-5-7-13(12)20/h4-10,20H,1-3H3,(H,19,21)/b18-10-. The van der Waals surface area contributed by atoms with Crippen LogP contribution in [0.2, 0.25) is 0 Å². The van der Waals surface area contributed by atoms with Crippen molar-refractivity contribution in [2.75, 3.05) is 21.3 Å². The molecule has 2 aromatic rings. The van der Waals surface area contributed by atoms with Crippen LogP contribution in [-0.4, -0.2) is 38.6 Å². The van der Waals surface area contributed by atoms with Crippen LogP contribution >= 0.6 is 0 Å². The molecule has 0 spiro atoms. The second-order valence-electron chi connectivity index (χ2n) is 4.64. The molecular weight excluding hydrogens is 312 g/mol. The average molecular weight is 330 g/mol. The summed E-state index contributed by atoms with van der Waals surface area (Å²) < 4.78 is 15.8. The normalized spacial score (nSPS) is 10.5. The summed E-state index contributed by atoms with van der Waals surface area (Å²) in [6.07, 6.45) is 1.42. The number of amides is 1. The van der Waals surface area contributed by atoms with Crippen LogP contribution in [0.25, 0.3) is 0 Å². The van der Waals surface area contributed by atoms with Gasteiger partial charge in [0.25, 0.3) is 5.91 Å². The first-order valence-electron chi connectivity index (χ1n) is 7.02. The summed E-state index contributed by atoms with van der Waals surface area (Å²) in [5, 5.41) is 13.5. The van der Waals surface area contributed by atoms with E-state index in [-0.39, 0.29) is 11.3 Å². The Labute approximate surface area is 139 Å². The molecule has 0 saturated heterocycles. The number of aromatic hydroxyl groups is 1. The van der Waals surface area contributed by atoms with Crippen molar-refractivity contribution in [1.82, 2.24) is 5.43 Å². The molecule has 2 rings (SSSR count). The van der Waals surface area contributed by atoms with E-state index < -0.39 is 5.91 Å². The van der Waals surface area contributed by atoms with Crippen molar-refractivity contribution < 1.29 is 24.1 Å². The molecule has 0 bridgehead atoms. The van der Waals surface area contributed by atoms with Crippen molar-refractivity contribution in [3.05, 3.63) is 47.5 Å². The van der Waals surface area contributed by atoms with Crippen LogP contribution in [0.1, 0.15) is 15.9 Å². The first-order chi connectivity index (χ1) is 11.6. The van der Waals surface area contributed by atoms with E-state index in [0.29, 0.717) is 22.8 Å². The second kappa shape index (κ2) is 7.87. The number of nitrogens with zero attached hydrogens (tertiary/aromatic N) is 1. The molecule has 0 aromatic heterocycles. The van der Waals surface area contributed by atoms with Crippen LogP contribution in [0.3, 0.4) is 0 Å². The molecule has 2 N–H and O–H groups in total. The van der Waals surface area contributed by atoms with Gasteiger partial charge in [0.1, 0.15) is 5.75 Å². The van der Waals surface area contributed by atoms with Gasteiger partial charge in [0.05, 0.1) is 33.1 Å². The maximum atomic E-state index is 12.0. The first kappa shape index (κ1) is 17.1. The Hall–Kier alpha value is -3.22. The number of ether oxygens (including phenoxy) is 3. The fraction of sp³-hybridized carbons (Fsp3) is 0.176. The van der Waals surface area contributed by atoms with Crippen LogP contribution in [-0.2, 0) is 0 Å². The number of phenols is 1. The molecule has 2 aromatic carbocycles. The minimum Gasteiger partial charge on any atom is -0.507 e. The van der Waals surface area contributed by atoms with Crippen LogP contribution in [0.15, 0.2) is 41.5 Å². The number of carbonyl (C=O) groups excluding carboxylic acids is 1. The Bertz CT molecular complexity index is 759. The quantitative estimate of drug-likeness (QED) is 0.626. The number of carbonyl (C=O) groups is 1. The molecule has 0 aliphatic carbocycles. The molecule has 0 radical (unpaired) electrons. The van der Waals surface area contributed by atoms with Gasteiger partial charge in [0.2, 0.25) is 5.75 Å². The summed E-state index contributed by atoms with van der Waals surface area (Å²) in [5.41, 5.74) is 3.07. The number of nitrogens with one attached hydrogen (secondary N) is 1. The highest BCUT2D eigenvalue weighted by molar-refractivity contribution is 5.97. The fourth-order valence-electron chi connectivity index (χ4n) is 2.11. The predicted molar refractivity (Wildman–Crippen MR) is 89.3 cm³/mol. The van der Waals surface area contributed by atoms with Crippen LogP contribution in [0.4, 0.5) is 0 Å². The highest BCUT2D eigenvalue weighted by atomic mass is 16.5. The third-order valence-corrected chi connectivity index (χ3v) is 3.25. The fourth-order valence-corrected chi connectivity index (χ4v) is 2.11. The van der Waals surface area contributed by atoms with Crippen molar-refractivity contribution in [2.45, 2.75) is 0 Å². The number of para-hydroxylation sites is 1. The molecule has 0 saturated carbocycles. The van der Waals surface area contributed by atoms with Gasteiger partial charge in [-0.15, -0.1) is 0 Å². The number of rotatable bonds is 6. The van der Waals surface area contributed by atoms with Gasteiger partial charge in [-0.25, -0.2) is 5.43 Å². The van der Waals surface area contributed by atoms with Crippen LogP contribution in [0.5, 0.6) is 23.0 Å². The van der Waals surface area contributed by atoms with Gasteiger partial charge in [-0.1, -0.05) is 12.1 Å². The second-order valence-corrected chi connectivity index (χ2v) is 4.64. The van der Waals surface area contributed by atoms with Crippen molar-refractivity contribution in [2.24, 2.45) is 5.10 Å². The minimum atomic E-state index is -0.524. The summed E-state index contributed by atoms with van der Waals surface area (Å²) >= 11 is 0. The Morgan fingerprint density at radius 3 is 2.38 bits per heavy atom. The molecular formula is C17H18N2O5. The largest absolute Gasteiger partial charge is 0.507 e. The van der Waals surface area contributed by atoms with E-state index in [1.165, 1.54) is 39.7 Å². The van der Waals surface area contributed by atoms with E-state index in [9.17, 15) is 9.90 Å². The highest BCUT2D eigenvalue weighted by Gasteiger charge is 2.15. The van der Waals surface area contributed by atoms with Crippen molar-refractivity contribution in [3.8, 4) is 23.0 Å². The summed E-state index contributed by atoms with van der Waals surface area (Å²) in [5.74, 6) is 0.732. The number of methoxy groups -OCH3 is 3. The lowest BCUT2D eigenvalue weighted by Crippen LogP contribution is -2.17. The van der Waals surface area contributed by atoms with Gasteiger partial charge in [0.15, 0.2) is 11.5 Å². The van der Waals surface area contributed by atoms with Crippen LogP contribution < -0.4 is 19.6 Å². The van der Waals surface area contributed by atoms with Gasteiger partial charge in [-0.2, -0.15) is 5.10 Å². The van der Waals surface area contributed by atoms with Gasteiger partial charge < -0.3 is 19.3 Å². The number of benzene rings is 2. The molecule has 0 aliphatic heterocycles. The van der Waals surface area contributed by atoms with Gasteiger partial charge in [0, 0.05) is 5.56 Å². The molecule has 24 heavy (non-hydrogen) atoms. The predicted octanol–water partition coefficient (Wildman–Crippen LogP) is 2.18. The van der Waals surface area contributed by atoms with E-state index >= 15 is 0 Å². The smallest absolute Gasteiger partial charge is 0.275 e. The number of hydrogen-bond acceptors (Lipinski definition) is 6. The Morgan fingerprint density at radius 2 is 1.75 bits per heavy atom. The van der Waals surface area contributed by atoms with E-state index in [1.807, 2.05) is 0 Å². The molecule has 0 atom stereocenters. The monoisotopic (exact) mass is 330 g/mol. The van der Waals surface area contributed by atoms with E-state index in [2.05, 4.69) is 10.5 Å². The Balaban J connectivity index is 2.20. The minimum absolute atomic E-state index is 0.117. The molecule has 126 valence electrons. The topological polar surface area (TPSA) is 89.4 Å². The summed E-state index contributed by atoms with van der Waals surface area (Å²) in [7, 11) is 4.52. The molecule has 1 amide bonds. The SMILES string of the molecule is COc1ccc(/C=N\NC(=O)c2ccccc2O)c(OC)c1OC. The average Bonchev–Trinajstić information content (AvgIpc) is 2.61. The lowest BCUT2D eigenvalue weighted by molar-refractivity contribution is 0.0952. The molecule has 7 heteroatoms. The van der Waals surface area contributed by atoms with Gasteiger partial charge in [-0.3, -0.25) is 4.79 Å². The summed E-state index contributed by atoms with van der Waals surface area (Å²) in [6.45, 7) is 0. The van der Waals surface area contributed by atoms with E-state index in [1.54, 1.807) is 24.3 Å². The van der Waals surface area contributed by atoms with E-state index in [0.717, 1.165) is 0 Å². The first-order valence-corrected chi connectivity index (χ1v) is 7.02. The summed E-state index contributed by atoms with van der Waals surface area (Å²) in [4.78, 5) is 12.0. The number of phenolic OH excluding ortho intramolecular Hbond substituents is 1. The zero-order valence-corrected chi connectivity index (χ0v) is 13.6. The van der Waals surface area contributed by atoms with Crippen molar-refractivity contribution in [3.63, 3.8) is 0 Å². The van der Waals surface area contributed by atoms with E-state index in [4.69, 9.17) is 14.2 Å². The third kappa shape index (κ3) is 3.57. The molecule has 0 aliphatic rings. The Kier molecular flexibility index (Phi) is 5.62.